The number of nitriles is 1. The van der Waals surface area contributed by atoms with Gasteiger partial charge in [0.25, 0.3) is 5.70 Å². The van der Waals surface area contributed by atoms with E-state index >= 15 is 0 Å². The number of carbonyl (C=O) groups is 4. The number of ether oxygens (including phenoxy) is 6. The summed E-state index contributed by atoms with van der Waals surface area (Å²) in [7, 11) is 0. The van der Waals surface area contributed by atoms with E-state index in [2.05, 4.69) is 4.85 Å². The molecule has 2 aliphatic carbocycles. The van der Waals surface area contributed by atoms with Crippen LogP contribution in [0.15, 0.2) is 84.1 Å². The number of esters is 4. The van der Waals surface area contributed by atoms with Crippen molar-refractivity contribution in [1.29, 1.82) is 5.26 Å². The molecule has 0 radical (unpaired) electrons. The molecule has 4 atom stereocenters. The van der Waals surface area contributed by atoms with Gasteiger partial charge in [0.1, 0.15) is 35.3 Å². The van der Waals surface area contributed by atoms with Gasteiger partial charge >= 0.3 is 23.9 Å². The minimum atomic E-state index is -0.862. The quantitative estimate of drug-likeness (QED) is 0.0499. The Balaban J connectivity index is 0.855. The summed E-state index contributed by atoms with van der Waals surface area (Å²) in [4.78, 5) is 55.1. The summed E-state index contributed by atoms with van der Waals surface area (Å²) in [6, 6.07) is 23.5. The van der Waals surface area contributed by atoms with Gasteiger partial charge in [-0.15, -0.1) is 0 Å². The lowest BCUT2D eigenvalue weighted by Gasteiger charge is -2.19. The molecular formula is C48H44N2O10. The Morgan fingerprint density at radius 1 is 0.617 bits per heavy atom. The Bertz CT molecular complexity index is 2290. The molecule has 4 aromatic carbocycles. The van der Waals surface area contributed by atoms with E-state index in [1.165, 1.54) is 12.2 Å². The van der Waals surface area contributed by atoms with Crippen LogP contribution in [0.4, 0.5) is 0 Å². The van der Waals surface area contributed by atoms with E-state index in [9.17, 15) is 24.4 Å². The maximum absolute atomic E-state index is 13.2. The lowest BCUT2D eigenvalue weighted by molar-refractivity contribution is -0.150. The second kappa shape index (κ2) is 18.3. The fourth-order valence-corrected chi connectivity index (χ4v) is 8.49. The minimum Gasteiger partial charge on any atom is -0.462 e. The zero-order valence-corrected chi connectivity index (χ0v) is 33.0. The van der Waals surface area contributed by atoms with Crippen LogP contribution in [-0.2, 0) is 38.1 Å². The van der Waals surface area contributed by atoms with Crippen LogP contribution in [0.5, 0.6) is 11.5 Å². The molecule has 12 nitrogen and oxygen atoms in total. The highest BCUT2D eigenvalue weighted by atomic mass is 16.7. The maximum atomic E-state index is 13.2. The molecule has 12 heteroatoms. The van der Waals surface area contributed by atoms with Crippen molar-refractivity contribution < 1.29 is 47.6 Å². The lowest BCUT2D eigenvalue weighted by Crippen LogP contribution is -2.36. The number of rotatable bonds is 10. The molecule has 0 spiro atoms. The van der Waals surface area contributed by atoms with Crippen LogP contribution in [0.2, 0.25) is 0 Å². The molecule has 0 amide bonds. The number of nitrogens with zero attached hydrogens (tertiary/aromatic N) is 2. The van der Waals surface area contributed by atoms with Gasteiger partial charge in [0, 0.05) is 0 Å². The molecule has 60 heavy (non-hydrogen) atoms. The largest absolute Gasteiger partial charge is 0.462 e. The summed E-state index contributed by atoms with van der Waals surface area (Å²) < 4.78 is 34.4. The van der Waals surface area contributed by atoms with E-state index in [-0.39, 0.29) is 48.3 Å². The second-order valence-corrected chi connectivity index (χ2v) is 15.8. The molecule has 2 saturated carbocycles. The van der Waals surface area contributed by atoms with Crippen molar-refractivity contribution in [3.05, 3.63) is 107 Å². The molecular weight excluding hydrogens is 765 g/mol. The third-order valence-electron chi connectivity index (χ3n) is 11.7. The summed E-state index contributed by atoms with van der Waals surface area (Å²) >= 11 is 0. The topological polar surface area (TPSA) is 152 Å². The van der Waals surface area contributed by atoms with Gasteiger partial charge in [-0.3, -0.25) is 14.4 Å². The predicted molar refractivity (Wildman–Crippen MR) is 220 cm³/mol. The first kappa shape index (κ1) is 40.4. The van der Waals surface area contributed by atoms with E-state index in [0.717, 1.165) is 85.8 Å². The van der Waals surface area contributed by atoms with E-state index in [1.54, 1.807) is 36.4 Å². The predicted octanol–water partition coefficient (Wildman–Crippen LogP) is 8.45. The zero-order valence-electron chi connectivity index (χ0n) is 33.0. The number of fused-ring (bicyclic) bond motifs is 3. The van der Waals surface area contributed by atoms with Gasteiger partial charge in [0.15, 0.2) is 12.2 Å². The third kappa shape index (κ3) is 9.26. The molecule has 2 saturated heterocycles. The van der Waals surface area contributed by atoms with Crippen LogP contribution in [0.1, 0.15) is 75.3 Å². The van der Waals surface area contributed by atoms with Gasteiger partial charge < -0.3 is 28.4 Å². The van der Waals surface area contributed by atoms with Crippen molar-refractivity contribution in [1.82, 2.24) is 0 Å². The van der Waals surface area contributed by atoms with Gasteiger partial charge in [-0.2, -0.15) is 5.26 Å². The molecule has 2 aliphatic heterocycles. The van der Waals surface area contributed by atoms with Gasteiger partial charge in [0.2, 0.25) is 0 Å². The first-order chi connectivity index (χ1) is 29.2. The Hall–Kier alpha value is -6.34. The summed E-state index contributed by atoms with van der Waals surface area (Å²) in [5.41, 5.74) is 0.735. The molecule has 4 aromatic rings. The SMILES string of the molecule is [C-]#[N+]/C(=C\c1ccc2cc(OC(=O)C3CCCCC3)ccc2c1)C(=O)O[C@@H]1CO[C@H]2[C@@H]1OC[C@@H]2OC(=O)/C(C#N)=C/c1ccc2cc(OC(=O)C3CCCCC3)ccc2c1. The fourth-order valence-electron chi connectivity index (χ4n) is 8.49. The molecule has 0 N–H and O–H groups in total. The molecule has 4 aliphatic rings. The lowest BCUT2D eigenvalue weighted by atomic mass is 9.89. The van der Waals surface area contributed by atoms with E-state index in [0.29, 0.717) is 22.6 Å². The molecule has 4 fully saturated rings. The number of benzene rings is 4. The van der Waals surface area contributed by atoms with Crippen molar-refractivity contribution >= 4 is 57.6 Å². The van der Waals surface area contributed by atoms with Crippen molar-refractivity contribution in [2.75, 3.05) is 13.2 Å². The van der Waals surface area contributed by atoms with E-state index < -0.39 is 36.4 Å². The summed E-state index contributed by atoms with van der Waals surface area (Å²) in [6.07, 6.45) is 9.54. The van der Waals surface area contributed by atoms with Crippen molar-refractivity contribution in [2.24, 2.45) is 11.8 Å². The van der Waals surface area contributed by atoms with Crippen LogP contribution >= 0.6 is 0 Å². The van der Waals surface area contributed by atoms with Gasteiger partial charge in [-0.1, -0.05) is 74.9 Å². The number of hydrogen-bond acceptors (Lipinski definition) is 11. The minimum absolute atomic E-state index is 0.0381. The smallest absolute Gasteiger partial charge is 0.349 e. The van der Waals surface area contributed by atoms with Crippen LogP contribution in [0.25, 0.3) is 38.5 Å². The molecule has 0 aromatic heterocycles. The Morgan fingerprint density at radius 3 is 1.55 bits per heavy atom. The molecule has 2 heterocycles. The van der Waals surface area contributed by atoms with Crippen molar-refractivity contribution in [2.45, 2.75) is 88.6 Å². The summed E-state index contributed by atoms with van der Waals surface area (Å²) in [6.45, 7) is 7.61. The number of carbonyl (C=O) groups excluding carboxylic acids is 4. The number of hydrogen-bond donors (Lipinski definition) is 0. The zero-order chi connectivity index (χ0) is 41.6. The Morgan fingerprint density at radius 2 is 1.07 bits per heavy atom. The van der Waals surface area contributed by atoms with Crippen molar-refractivity contribution in [3.63, 3.8) is 0 Å². The highest BCUT2D eigenvalue weighted by Gasteiger charge is 2.51. The van der Waals surface area contributed by atoms with Crippen LogP contribution in [0, 0.1) is 29.7 Å². The molecule has 0 unspecified atom stereocenters. The third-order valence-corrected chi connectivity index (χ3v) is 11.7. The van der Waals surface area contributed by atoms with Gasteiger partial charge in [0.05, 0.1) is 31.6 Å². The molecule has 0 bridgehead atoms. The first-order valence-electron chi connectivity index (χ1n) is 20.6. The van der Waals surface area contributed by atoms with E-state index in [4.69, 9.17) is 35.0 Å². The average molecular weight is 809 g/mol. The molecule has 306 valence electrons. The van der Waals surface area contributed by atoms with Crippen LogP contribution in [-0.4, -0.2) is 61.5 Å². The average Bonchev–Trinajstić information content (AvgIpc) is 3.87. The molecule has 8 rings (SSSR count). The first-order valence-corrected chi connectivity index (χ1v) is 20.6. The second-order valence-electron chi connectivity index (χ2n) is 15.8. The Kier molecular flexibility index (Phi) is 12.3. The van der Waals surface area contributed by atoms with Crippen LogP contribution in [0.3, 0.4) is 0 Å². The summed E-state index contributed by atoms with van der Waals surface area (Å²) in [5, 5.41) is 13.2. The monoisotopic (exact) mass is 808 g/mol. The highest BCUT2D eigenvalue weighted by molar-refractivity contribution is 5.99. The van der Waals surface area contributed by atoms with Crippen molar-refractivity contribution in [3.8, 4) is 17.6 Å². The fraction of sp³-hybridized carbons (Fsp3) is 0.375. The summed E-state index contributed by atoms with van der Waals surface area (Å²) in [5.74, 6) is -1.28. The maximum Gasteiger partial charge on any atom is 0.349 e. The van der Waals surface area contributed by atoms with E-state index in [1.807, 2.05) is 42.5 Å². The standard InChI is InChI=1S/C48H44N2O10/c1-50-40(23-30-13-15-36-25-39(19-17-34(36)21-30)58-46(52)32-10-6-3-7-11-32)48(54)60-42-28-56-43-41(27-55-44(42)43)59-47(53)37(26-49)22-29-12-14-35-24-38(18-16-33(35)20-29)57-45(51)31-8-4-2-5-9-31/h12-25,31-32,41-44H,2-11,27-28H2/b37-22+,40-23-/t41-,42+,43+,44+/m0/s1. The highest BCUT2D eigenvalue weighted by Crippen LogP contribution is 2.33. The van der Waals surface area contributed by atoms with Crippen LogP contribution < -0.4 is 9.47 Å². The normalized spacial score (nSPS) is 22.4. The van der Waals surface area contributed by atoms with Gasteiger partial charge in [-0.25, -0.2) is 9.64 Å². The Labute approximate surface area is 347 Å². The van der Waals surface area contributed by atoms with Gasteiger partial charge in [-0.05, 0) is 107 Å².